The SMILES string of the molecule is COc1cc(I)c(Cl)cc1C(=O)Nc1ccc(F)c(-n2nnnc2C)c1. The van der Waals surface area contributed by atoms with Crippen molar-refractivity contribution < 1.29 is 13.9 Å². The fourth-order valence-corrected chi connectivity index (χ4v) is 2.88. The van der Waals surface area contributed by atoms with Crippen LogP contribution in [0.25, 0.3) is 5.69 Å². The standard InChI is InChI=1S/C16H12ClFIN5O2/c1-8-21-22-23-24(8)14-5-9(3-4-12(14)18)20-16(25)10-6-11(17)13(19)7-15(10)26-2/h3-7H,1-2H3,(H,20,25). The zero-order valence-corrected chi connectivity index (χ0v) is 16.5. The Morgan fingerprint density at radius 3 is 2.77 bits per heavy atom. The van der Waals surface area contributed by atoms with E-state index < -0.39 is 11.7 Å². The number of tetrazole rings is 1. The number of carbonyl (C=O) groups is 1. The first-order valence-corrected chi connectivity index (χ1v) is 8.75. The normalized spacial score (nSPS) is 10.7. The number of anilines is 1. The number of halogens is 3. The van der Waals surface area contributed by atoms with Gasteiger partial charge < -0.3 is 10.1 Å². The van der Waals surface area contributed by atoms with Crippen molar-refractivity contribution in [3.8, 4) is 11.4 Å². The van der Waals surface area contributed by atoms with E-state index in [-0.39, 0.29) is 11.3 Å². The first kappa shape index (κ1) is 18.5. The van der Waals surface area contributed by atoms with Crippen LogP contribution >= 0.6 is 34.2 Å². The molecular formula is C16H12ClFIN5O2. The van der Waals surface area contributed by atoms with Gasteiger partial charge in [-0.1, -0.05) is 11.6 Å². The second kappa shape index (κ2) is 7.54. The summed E-state index contributed by atoms with van der Waals surface area (Å²) in [6.07, 6.45) is 0. The molecule has 0 saturated carbocycles. The maximum Gasteiger partial charge on any atom is 0.259 e. The summed E-state index contributed by atoms with van der Waals surface area (Å²) in [6, 6.07) is 7.30. The van der Waals surface area contributed by atoms with Gasteiger partial charge in [-0.15, -0.1) is 5.10 Å². The molecule has 1 amide bonds. The third-order valence-electron chi connectivity index (χ3n) is 3.54. The van der Waals surface area contributed by atoms with E-state index in [0.717, 1.165) is 3.57 Å². The number of aryl methyl sites for hydroxylation is 1. The van der Waals surface area contributed by atoms with Gasteiger partial charge in [-0.05, 0) is 70.3 Å². The Bertz CT molecular complexity index is 995. The summed E-state index contributed by atoms with van der Waals surface area (Å²) in [6.45, 7) is 1.64. The number of nitrogens with one attached hydrogen (secondary N) is 1. The monoisotopic (exact) mass is 487 g/mol. The Hall–Kier alpha value is -2.27. The highest BCUT2D eigenvalue weighted by Gasteiger charge is 2.17. The van der Waals surface area contributed by atoms with Gasteiger partial charge in [0.05, 0.1) is 17.7 Å². The Morgan fingerprint density at radius 2 is 2.12 bits per heavy atom. The number of rotatable bonds is 4. The lowest BCUT2D eigenvalue weighted by Gasteiger charge is -2.12. The summed E-state index contributed by atoms with van der Waals surface area (Å²) in [5, 5.41) is 14.1. The minimum atomic E-state index is -0.520. The minimum absolute atomic E-state index is 0.123. The molecule has 10 heteroatoms. The molecule has 0 aliphatic heterocycles. The average Bonchev–Trinajstić information content (AvgIpc) is 3.04. The number of aromatic nitrogens is 4. The van der Waals surface area contributed by atoms with Gasteiger partial charge in [0.25, 0.3) is 5.91 Å². The largest absolute Gasteiger partial charge is 0.496 e. The number of ether oxygens (including phenoxy) is 1. The molecule has 0 atom stereocenters. The quantitative estimate of drug-likeness (QED) is 0.569. The Morgan fingerprint density at radius 1 is 1.35 bits per heavy atom. The molecule has 0 fully saturated rings. The summed E-state index contributed by atoms with van der Waals surface area (Å²) in [7, 11) is 1.46. The predicted octanol–water partition coefficient (Wildman–Crippen LogP) is 3.63. The highest BCUT2D eigenvalue weighted by molar-refractivity contribution is 14.1. The van der Waals surface area contributed by atoms with E-state index >= 15 is 0 Å². The molecule has 3 aromatic rings. The van der Waals surface area contributed by atoms with Crippen molar-refractivity contribution >= 4 is 45.8 Å². The third-order valence-corrected chi connectivity index (χ3v) is 5.07. The van der Waals surface area contributed by atoms with Gasteiger partial charge >= 0.3 is 0 Å². The number of hydrogen-bond acceptors (Lipinski definition) is 5. The first-order valence-electron chi connectivity index (χ1n) is 7.30. The van der Waals surface area contributed by atoms with Crippen LogP contribution in [0.2, 0.25) is 5.02 Å². The summed E-state index contributed by atoms with van der Waals surface area (Å²) in [4.78, 5) is 12.6. The zero-order chi connectivity index (χ0) is 18.8. The molecule has 26 heavy (non-hydrogen) atoms. The fourth-order valence-electron chi connectivity index (χ4n) is 2.28. The van der Waals surface area contributed by atoms with E-state index in [1.165, 1.54) is 36.1 Å². The molecule has 1 N–H and O–H groups in total. The first-order chi connectivity index (χ1) is 12.4. The lowest BCUT2D eigenvalue weighted by atomic mass is 10.1. The average molecular weight is 488 g/mol. The second-order valence-electron chi connectivity index (χ2n) is 5.22. The molecule has 0 spiro atoms. The van der Waals surface area contributed by atoms with Crippen LogP contribution in [0, 0.1) is 16.3 Å². The van der Waals surface area contributed by atoms with Crippen molar-refractivity contribution in [1.82, 2.24) is 20.2 Å². The smallest absolute Gasteiger partial charge is 0.259 e. The van der Waals surface area contributed by atoms with Gasteiger partial charge in [-0.3, -0.25) is 4.79 Å². The van der Waals surface area contributed by atoms with E-state index in [4.69, 9.17) is 16.3 Å². The molecule has 0 radical (unpaired) electrons. The topological polar surface area (TPSA) is 81.9 Å². The molecule has 0 aliphatic rings. The maximum atomic E-state index is 14.1. The minimum Gasteiger partial charge on any atom is -0.496 e. The summed E-state index contributed by atoms with van der Waals surface area (Å²) >= 11 is 8.15. The highest BCUT2D eigenvalue weighted by Crippen LogP contribution is 2.29. The third kappa shape index (κ3) is 3.63. The molecule has 7 nitrogen and oxygen atoms in total. The summed E-state index contributed by atoms with van der Waals surface area (Å²) in [5.41, 5.74) is 0.762. The van der Waals surface area contributed by atoms with Crippen molar-refractivity contribution in [2.75, 3.05) is 12.4 Å². The van der Waals surface area contributed by atoms with Crippen LogP contribution in [0.1, 0.15) is 16.2 Å². The Balaban J connectivity index is 1.94. The van der Waals surface area contributed by atoms with Crippen molar-refractivity contribution in [2.45, 2.75) is 6.92 Å². The molecule has 0 unspecified atom stereocenters. The number of nitrogens with zero attached hydrogens (tertiary/aromatic N) is 4. The molecule has 0 saturated heterocycles. The molecule has 0 bridgehead atoms. The fraction of sp³-hybridized carbons (Fsp3) is 0.125. The van der Waals surface area contributed by atoms with Crippen LogP contribution in [-0.2, 0) is 0 Å². The van der Waals surface area contributed by atoms with E-state index in [0.29, 0.717) is 22.3 Å². The zero-order valence-electron chi connectivity index (χ0n) is 13.6. The van der Waals surface area contributed by atoms with Crippen LogP contribution in [-0.4, -0.2) is 33.2 Å². The van der Waals surface area contributed by atoms with Crippen molar-refractivity contribution in [3.63, 3.8) is 0 Å². The predicted molar refractivity (Wildman–Crippen MR) is 103 cm³/mol. The molecule has 2 aromatic carbocycles. The van der Waals surface area contributed by atoms with Gasteiger partial charge in [0.1, 0.15) is 17.3 Å². The molecular weight excluding hydrogens is 476 g/mol. The molecule has 134 valence electrons. The number of hydrogen-bond donors (Lipinski definition) is 1. The number of amides is 1. The van der Waals surface area contributed by atoms with Gasteiger partial charge in [0.2, 0.25) is 0 Å². The van der Waals surface area contributed by atoms with Gasteiger partial charge in [0, 0.05) is 9.26 Å². The number of carbonyl (C=O) groups excluding carboxylic acids is 1. The molecule has 1 heterocycles. The maximum absolute atomic E-state index is 14.1. The Kier molecular flexibility index (Phi) is 5.37. The van der Waals surface area contributed by atoms with Crippen LogP contribution in [0.15, 0.2) is 30.3 Å². The van der Waals surface area contributed by atoms with Crippen LogP contribution in [0.3, 0.4) is 0 Å². The lowest BCUT2D eigenvalue weighted by Crippen LogP contribution is -2.14. The second-order valence-corrected chi connectivity index (χ2v) is 6.79. The van der Waals surface area contributed by atoms with Crippen molar-refractivity contribution in [2.24, 2.45) is 0 Å². The van der Waals surface area contributed by atoms with Crippen LogP contribution in [0.4, 0.5) is 10.1 Å². The van der Waals surface area contributed by atoms with E-state index in [9.17, 15) is 9.18 Å². The molecule has 1 aromatic heterocycles. The lowest BCUT2D eigenvalue weighted by molar-refractivity contribution is 0.102. The van der Waals surface area contributed by atoms with E-state index in [2.05, 4.69) is 20.8 Å². The van der Waals surface area contributed by atoms with Gasteiger partial charge in [-0.25, -0.2) is 4.39 Å². The number of benzene rings is 2. The van der Waals surface area contributed by atoms with Crippen LogP contribution < -0.4 is 10.1 Å². The summed E-state index contributed by atoms with van der Waals surface area (Å²) < 4.78 is 21.4. The van der Waals surface area contributed by atoms with E-state index in [1.807, 2.05) is 22.6 Å². The highest BCUT2D eigenvalue weighted by atomic mass is 127. The molecule has 3 rings (SSSR count). The van der Waals surface area contributed by atoms with Crippen molar-refractivity contribution in [3.05, 3.63) is 56.1 Å². The van der Waals surface area contributed by atoms with Gasteiger partial charge in [0.15, 0.2) is 5.82 Å². The summed E-state index contributed by atoms with van der Waals surface area (Å²) in [5.74, 6) is -0.159. The molecule has 0 aliphatic carbocycles. The van der Waals surface area contributed by atoms with Gasteiger partial charge in [-0.2, -0.15) is 4.68 Å². The van der Waals surface area contributed by atoms with Crippen molar-refractivity contribution in [1.29, 1.82) is 0 Å². The van der Waals surface area contributed by atoms with E-state index in [1.54, 1.807) is 13.0 Å². The number of methoxy groups -OCH3 is 1. The van der Waals surface area contributed by atoms with Crippen LogP contribution in [0.5, 0.6) is 5.75 Å². The Labute approximate surface area is 166 Å².